The largest absolute Gasteiger partial charge is 0.495 e. The molecule has 25 heavy (non-hydrogen) atoms. The number of benzene rings is 2. The van der Waals surface area contributed by atoms with Crippen LogP contribution in [0.2, 0.25) is 5.02 Å². The molecule has 3 rings (SSSR count). The summed E-state index contributed by atoms with van der Waals surface area (Å²) in [7, 11) is 1.64. The Kier molecular flexibility index (Phi) is 5.69. The van der Waals surface area contributed by atoms with Gasteiger partial charge in [-0.3, -0.25) is 0 Å². The van der Waals surface area contributed by atoms with Gasteiger partial charge in [-0.15, -0.1) is 0 Å². The van der Waals surface area contributed by atoms with Crippen molar-refractivity contribution in [2.24, 2.45) is 0 Å². The van der Waals surface area contributed by atoms with E-state index in [4.69, 9.17) is 16.3 Å². The molecule has 0 aliphatic heterocycles. The molecular weight excluding hydrogens is 336 g/mol. The smallest absolute Gasteiger partial charge is 0.142 e. The summed E-state index contributed by atoms with van der Waals surface area (Å²) >= 11 is 5.90. The van der Waals surface area contributed by atoms with Crippen LogP contribution in [-0.2, 0) is 6.42 Å². The fourth-order valence-electron chi connectivity index (χ4n) is 2.39. The Hall–Kier alpha value is -2.79. The van der Waals surface area contributed by atoms with E-state index in [1.807, 2.05) is 54.6 Å². The Morgan fingerprint density at radius 1 is 1.00 bits per heavy atom. The highest BCUT2D eigenvalue weighted by atomic mass is 35.5. The normalized spacial score (nSPS) is 10.3. The number of rotatable bonds is 7. The van der Waals surface area contributed by atoms with E-state index < -0.39 is 0 Å². The molecule has 0 aliphatic rings. The van der Waals surface area contributed by atoms with Gasteiger partial charge < -0.3 is 15.4 Å². The zero-order chi connectivity index (χ0) is 17.5. The molecule has 0 amide bonds. The maximum atomic E-state index is 5.90. The zero-order valence-electron chi connectivity index (χ0n) is 13.9. The van der Waals surface area contributed by atoms with Crippen molar-refractivity contribution < 1.29 is 4.74 Å². The zero-order valence-corrected chi connectivity index (χ0v) is 14.6. The number of nitrogens with one attached hydrogen (secondary N) is 2. The van der Waals surface area contributed by atoms with E-state index in [9.17, 15) is 0 Å². The van der Waals surface area contributed by atoms with Crippen molar-refractivity contribution in [2.75, 3.05) is 24.3 Å². The van der Waals surface area contributed by atoms with Crippen LogP contribution in [0.3, 0.4) is 0 Å². The number of anilines is 3. The Labute approximate surface area is 152 Å². The van der Waals surface area contributed by atoms with Gasteiger partial charge in [0.2, 0.25) is 0 Å². The summed E-state index contributed by atoms with van der Waals surface area (Å²) in [5.41, 5.74) is 2.08. The minimum Gasteiger partial charge on any atom is -0.495 e. The molecule has 0 radical (unpaired) electrons. The van der Waals surface area contributed by atoms with E-state index in [1.54, 1.807) is 7.11 Å². The first kappa shape index (κ1) is 17.0. The molecular formula is C19H19ClN4O. The Morgan fingerprint density at radius 2 is 1.76 bits per heavy atom. The first-order chi connectivity index (χ1) is 12.2. The first-order valence-corrected chi connectivity index (χ1v) is 8.33. The topological polar surface area (TPSA) is 59.1 Å². The van der Waals surface area contributed by atoms with Crippen LogP contribution >= 0.6 is 11.6 Å². The van der Waals surface area contributed by atoms with Crippen LogP contribution in [-0.4, -0.2) is 23.6 Å². The van der Waals surface area contributed by atoms with Crippen molar-refractivity contribution in [1.82, 2.24) is 9.97 Å². The van der Waals surface area contributed by atoms with E-state index in [2.05, 4.69) is 20.6 Å². The molecule has 0 unspecified atom stereocenters. The quantitative estimate of drug-likeness (QED) is 0.652. The molecule has 0 aliphatic carbocycles. The van der Waals surface area contributed by atoms with Gasteiger partial charge in [0.15, 0.2) is 0 Å². The van der Waals surface area contributed by atoms with Crippen molar-refractivity contribution >= 4 is 28.9 Å². The number of hydrogen-bond donors (Lipinski definition) is 2. The molecule has 2 aromatic carbocycles. The summed E-state index contributed by atoms with van der Waals surface area (Å²) in [5.74, 6) is 2.23. The molecule has 0 atom stereocenters. The average molecular weight is 355 g/mol. The van der Waals surface area contributed by atoms with E-state index in [0.29, 0.717) is 5.82 Å². The lowest BCUT2D eigenvalue weighted by atomic mass is 10.1. The Bertz CT molecular complexity index is 824. The van der Waals surface area contributed by atoms with Gasteiger partial charge in [-0.25, -0.2) is 9.97 Å². The van der Waals surface area contributed by atoms with Gasteiger partial charge in [0.05, 0.1) is 12.8 Å². The molecule has 1 aromatic heterocycles. The number of para-hydroxylation sites is 2. The molecule has 0 fully saturated rings. The highest BCUT2D eigenvalue weighted by Gasteiger charge is 2.04. The van der Waals surface area contributed by atoms with Gasteiger partial charge in [0.25, 0.3) is 0 Å². The molecule has 0 saturated heterocycles. The Balaban J connectivity index is 1.60. The number of hydrogen-bond acceptors (Lipinski definition) is 5. The van der Waals surface area contributed by atoms with Crippen LogP contribution in [0, 0.1) is 0 Å². The molecule has 6 heteroatoms. The first-order valence-electron chi connectivity index (χ1n) is 7.95. The highest BCUT2D eigenvalue weighted by molar-refractivity contribution is 6.30. The summed E-state index contributed by atoms with van der Waals surface area (Å²) in [4.78, 5) is 8.51. The predicted octanol–water partition coefficient (Wildman–Crippen LogP) is 4.54. The van der Waals surface area contributed by atoms with E-state index in [-0.39, 0.29) is 0 Å². The summed E-state index contributed by atoms with van der Waals surface area (Å²) in [6.45, 7) is 0.771. The molecule has 3 aromatic rings. The van der Waals surface area contributed by atoms with E-state index in [0.717, 1.165) is 35.2 Å². The van der Waals surface area contributed by atoms with Crippen molar-refractivity contribution in [2.45, 2.75) is 6.42 Å². The van der Waals surface area contributed by atoms with Crippen LogP contribution in [0.1, 0.15) is 5.56 Å². The minimum atomic E-state index is 0.702. The lowest BCUT2D eigenvalue weighted by Crippen LogP contribution is -2.07. The lowest BCUT2D eigenvalue weighted by molar-refractivity contribution is 0.417. The van der Waals surface area contributed by atoms with Crippen molar-refractivity contribution in [3.63, 3.8) is 0 Å². The van der Waals surface area contributed by atoms with Crippen LogP contribution in [0.5, 0.6) is 5.75 Å². The summed E-state index contributed by atoms with van der Waals surface area (Å²) < 4.78 is 5.34. The van der Waals surface area contributed by atoms with E-state index >= 15 is 0 Å². The summed E-state index contributed by atoms with van der Waals surface area (Å²) in [6, 6.07) is 17.4. The molecule has 1 heterocycles. The second-order valence-corrected chi connectivity index (χ2v) is 5.85. The van der Waals surface area contributed by atoms with Crippen LogP contribution in [0.25, 0.3) is 0 Å². The fraction of sp³-hybridized carbons (Fsp3) is 0.158. The van der Waals surface area contributed by atoms with Gasteiger partial charge in [-0.2, -0.15) is 0 Å². The molecule has 0 bridgehead atoms. The number of nitrogens with zero attached hydrogens (tertiary/aromatic N) is 2. The molecule has 0 saturated carbocycles. The fourth-order valence-corrected chi connectivity index (χ4v) is 2.52. The highest BCUT2D eigenvalue weighted by Crippen LogP contribution is 2.26. The van der Waals surface area contributed by atoms with Crippen molar-refractivity contribution in [3.05, 3.63) is 71.5 Å². The number of halogens is 1. The molecule has 0 spiro atoms. The summed E-state index contributed by atoms with van der Waals surface area (Å²) in [6.07, 6.45) is 2.42. The van der Waals surface area contributed by atoms with Crippen molar-refractivity contribution in [3.8, 4) is 5.75 Å². The number of aromatic nitrogens is 2. The maximum Gasteiger partial charge on any atom is 0.142 e. The number of methoxy groups -OCH3 is 1. The standard InChI is InChI=1S/C19H19ClN4O/c1-25-17-5-3-2-4-16(17)24-19-12-18(22-13-23-19)21-11-10-14-6-8-15(20)9-7-14/h2-9,12-13H,10-11H2,1H3,(H2,21,22,23,24). The molecule has 128 valence electrons. The van der Waals surface area contributed by atoms with E-state index in [1.165, 1.54) is 11.9 Å². The monoisotopic (exact) mass is 354 g/mol. The van der Waals surface area contributed by atoms with Crippen LogP contribution in [0.15, 0.2) is 60.9 Å². The van der Waals surface area contributed by atoms with Gasteiger partial charge in [-0.05, 0) is 36.2 Å². The number of ether oxygens (including phenoxy) is 1. The van der Waals surface area contributed by atoms with Gasteiger partial charge >= 0.3 is 0 Å². The SMILES string of the molecule is COc1ccccc1Nc1cc(NCCc2ccc(Cl)cc2)ncn1. The van der Waals surface area contributed by atoms with Gasteiger partial charge in [0.1, 0.15) is 23.7 Å². The lowest BCUT2D eigenvalue weighted by Gasteiger charge is -2.11. The van der Waals surface area contributed by atoms with Crippen LogP contribution < -0.4 is 15.4 Å². The van der Waals surface area contributed by atoms with Gasteiger partial charge in [0, 0.05) is 17.6 Å². The van der Waals surface area contributed by atoms with Crippen LogP contribution in [0.4, 0.5) is 17.3 Å². The third-order valence-corrected chi connectivity index (χ3v) is 3.92. The summed E-state index contributed by atoms with van der Waals surface area (Å²) in [5, 5.41) is 7.30. The van der Waals surface area contributed by atoms with Crippen molar-refractivity contribution in [1.29, 1.82) is 0 Å². The van der Waals surface area contributed by atoms with Gasteiger partial charge in [-0.1, -0.05) is 35.9 Å². The minimum absolute atomic E-state index is 0.702. The second kappa shape index (κ2) is 8.35. The third-order valence-electron chi connectivity index (χ3n) is 3.67. The maximum absolute atomic E-state index is 5.90. The Morgan fingerprint density at radius 3 is 2.56 bits per heavy atom. The predicted molar refractivity (Wildman–Crippen MR) is 102 cm³/mol. The third kappa shape index (κ3) is 4.84. The average Bonchev–Trinajstić information content (AvgIpc) is 2.64. The molecule has 2 N–H and O–H groups in total. The second-order valence-electron chi connectivity index (χ2n) is 5.42. The molecule has 5 nitrogen and oxygen atoms in total.